The van der Waals surface area contributed by atoms with E-state index in [1.807, 2.05) is 12.1 Å². The van der Waals surface area contributed by atoms with Gasteiger partial charge in [-0.3, -0.25) is 0 Å². The van der Waals surface area contributed by atoms with Gasteiger partial charge in [0.05, 0.1) is 11.6 Å². The third-order valence-corrected chi connectivity index (χ3v) is 4.29. The second kappa shape index (κ2) is 3.33. The average Bonchev–Trinajstić information content (AvgIpc) is 3.04. The summed E-state index contributed by atoms with van der Waals surface area (Å²) < 4.78 is 0. The van der Waals surface area contributed by atoms with Crippen molar-refractivity contribution in [1.29, 1.82) is 5.26 Å². The lowest BCUT2D eigenvalue weighted by molar-refractivity contribution is 0.248. The molecule has 1 saturated carbocycles. The largest absolute Gasteiger partial charge is 0.306 e. The minimum atomic E-state index is 0.459. The van der Waals surface area contributed by atoms with Crippen LogP contribution in [0, 0.1) is 17.2 Å². The van der Waals surface area contributed by atoms with E-state index >= 15 is 0 Å². The Labute approximate surface area is 96.5 Å². The van der Waals surface area contributed by atoms with Crippen LogP contribution in [-0.2, 0) is 5.41 Å². The molecule has 1 aromatic rings. The summed E-state index contributed by atoms with van der Waals surface area (Å²) in [5.74, 6) is 0.846. The van der Waals surface area contributed by atoms with Crippen LogP contribution >= 0.6 is 0 Å². The van der Waals surface area contributed by atoms with Crippen molar-refractivity contribution in [3.05, 3.63) is 35.4 Å². The number of likely N-dealkylation sites (tertiary alicyclic amines) is 1. The fourth-order valence-corrected chi connectivity index (χ4v) is 3.16. The maximum Gasteiger partial charge on any atom is 0.0991 e. The standard InChI is InChI=1S/C14H16N2/c1-16-7-6-14(8-13(14)10-16)12-4-2-11(9-15)3-5-12/h2-5,13H,6-8,10H2,1H3. The van der Waals surface area contributed by atoms with Crippen LogP contribution < -0.4 is 0 Å². The number of piperidine rings is 1. The summed E-state index contributed by atoms with van der Waals surface area (Å²) in [6, 6.07) is 10.4. The van der Waals surface area contributed by atoms with Crippen LogP contribution in [0.25, 0.3) is 0 Å². The van der Waals surface area contributed by atoms with Gasteiger partial charge in [-0.1, -0.05) is 12.1 Å². The Kier molecular flexibility index (Phi) is 2.05. The Morgan fingerprint density at radius 3 is 2.75 bits per heavy atom. The molecule has 0 spiro atoms. The normalized spacial score (nSPS) is 32.9. The van der Waals surface area contributed by atoms with E-state index in [0.29, 0.717) is 5.41 Å². The van der Waals surface area contributed by atoms with Gasteiger partial charge in [0.15, 0.2) is 0 Å². The number of nitriles is 1. The lowest BCUT2D eigenvalue weighted by Gasteiger charge is -2.29. The SMILES string of the molecule is CN1CCC2(c3ccc(C#N)cc3)CC2C1. The van der Waals surface area contributed by atoms with E-state index in [1.54, 1.807) is 0 Å². The molecule has 0 aromatic heterocycles. The molecule has 0 bridgehead atoms. The molecule has 0 radical (unpaired) electrons. The minimum absolute atomic E-state index is 0.459. The number of hydrogen-bond acceptors (Lipinski definition) is 2. The van der Waals surface area contributed by atoms with Gasteiger partial charge < -0.3 is 4.90 Å². The molecule has 2 atom stereocenters. The van der Waals surface area contributed by atoms with Crippen molar-refractivity contribution in [1.82, 2.24) is 4.90 Å². The molecule has 1 heterocycles. The molecular weight excluding hydrogens is 196 g/mol. The van der Waals surface area contributed by atoms with Crippen molar-refractivity contribution < 1.29 is 0 Å². The lowest BCUT2D eigenvalue weighted by Crippen LogP contribution is -2.33. The molecule has 2 heteroatoms. The summed E-state index contributed by atoms with van der Waals surface area (Å²) in [6.45, 7) is 2.44. The smallest absolute Gasteiger partial charge is 0.0991 e. The highest BCUT2D eigenvalue weighted by atomic mass is 15.1. The zero-order valence-corrected chi connectivity index (χ0v) is 9.61. The van der Waals surface area contributed by atoms with E-state index in [4.69, 9.17) is 5.26 Å². The van der Waals surface area contributed by atoms with Crippen molar-refractivity contribution in [3.63, 3.8) is 0 Å². The Balaban J connectivity index is 1.86. The van der Waals surface area contributed by atoms with E-state index in [0.717, 1.165) is 11.5 Å². The molecule has 0 N–H and O–H groups in total. The average molecular weight is 212 g/mol. The molecule has 82 valence electrons. The molecule has 2 fully saturated rings. The second-order valence-corrected chi connectivity index (χ2v) is 5.26. The Hall–Kier alpha value is -1.33. The lowest BCUT2D eigenvalue weighted by atomic mass is 9.87. The van der Waals surface area contributed by atoms with Crippen molar-refractivity contribution in [2.45, 2.75) is 18.3 Å². The third kappa shape index (κ3) is 1.36. The van der Waals surface area contributed by atoms with E-state index < -0.39 is 0 Å². The van der Waals surface area contributed by atoms with Crippen molar-refractivity contribution in [3.8, 4) is 6.07 Å². The first-order valence-electron chi connectivity index (χ1n) is 5.94. The number of fused-ring (bicyclic) bond motifs is 1. The summed E-state index contributed by atoms with van der Waals surface area (Å²) in [6.07, 6.45) is 2.61. The molecule has 2 aliphatic rings. The Bertz CT molecular complexity index is 443. The summed E-state index contributed by atoms with van der Waals surface area (Å²) in [7, 11) is 2.21. The fourth-order valence-electron chi connectivity index (χ4n) is 3.16. The van der Waals surface area contributed by atoms with Gasteiger partial charge in [0.2, 0.25) is 0 Å². The van der Waals surface area contributed by atoms with Gasteiger partial charge in [-0.15, -0.1) is 0 Å². The second-order valence-electron chi connectivity index (χ2n) is 5.26. The highest BCUT2D eigenvalue weighted by molar-refractivity contribution is 5.39. The predicted octanol–water partition coefficient (Wildman–Crippen LogP) is 2.15. The van der Waals surface area contributed by atoms with E-state index in [2.05, 4.69) is 30.1 Å². The highest BCUT2D eigenvalue weighted by Crippen LogP contribution is 2.58. The van der Waals surface area contributed by atoms with E-state index in [1.165, 1.54) is 31.5 Å². The van der Waals surface area contributed by atoms with Crippen LogP contribution in [0.5, 0.6) is 0 Å². The summed E-state index contributed by atoms with van der Waals surface area (Å²) in [5, 5.41) is 8.79. The van der Waals surface area contributed by atoms with E-state index in [9.17, 15) is 0 Å². The van der Waals surface area contributed by atoms with Crippen LogP contribution in [-0.4, -0.2) is 25.0 Å². The van der Waals surface area contributed by atoms with Gasteiger partial charge in [-0.25, -0.2) is 0 Å². The fraction of sp³-hybridized carbons (Fsp3) is 0.500. The van der Waals surface area contributed by atoms with Gasteiger partial charge in [0.25, 0.3) is 0 Å². The van der Waals surface area contributed by atoms with Crippen LogP contribution in [0.15, 0.2) is 24.3 Å². The molecule has 3 rings (SSSR count). The molecule has 16 heavy (non-hydrogen) atoms. The zero-order valence-electron chi connectivity index (χ0n) is 9.61. The molecule has 2 unspecified atom stereocenters. The highest BCUT2D eigenvalue weighted by Gasteiger charge is 2.56. The van der Waals surface area contributed by atoms with Crippen LogP contribution in [0.1, 0.15) is 24.0 Å². The zero-order chi connectivity index (χ0) is 11.2. The molecule has 1 saturated heterocycles. The van der Waals surface area contributed by atoms with Gasteiger partial charge in [0, 0.05) is 12.0 Å². The number of nitrogens with zero attached hydrogens (tertiary/aromatic N) is 2. The Morgan fingerprint density at radius 1 is 1.38 bits per heavy atom. The monoisotopic (exact) mass is 212 g/mol. The van der Waals surface area contributed by atoms with Crippen molar-refractivity contribution >= 4 is 0 Å². The number of benzene rings is 1. The molecule has 1 aliphatic heterocycles. The summed E-state index contributed by atoms with van der Waals surface area (Å²) >= 11 is 0. The maximum atomic E-state index is 8.79. The predicted molar refractivity (Wildman–Crippen MR) is 63.1 cm³/mol. The molecular formula is C14H16N2. The molecule has 1 aromatic carbocycles. The first kappa shape index (κ1) is 9.86. The quantitative estimate of drug-likeness (QED) is 0.713. The van der Waals surface area contributed by atoms with Gasteiger partial charge >= 0.3 is 0 Å². The summed E-state index contributed by atoms with van der Waals surface area (Å²) in [5.41, 5.74) is 2.68. The molecule has 1 aliphatic carbocycles. The van der Waals surface area contributed by atoms with Crippen LogP contribution in [0.2, 0.25) is 0 Å². The molecule has 2 nitrogen and oxygen atoms in total. The van der Waals surface area contributed by atoms with Crippen molar-refractivity contribution in [2.24, 2.45) is 5.92 Å². The summed E-state index contributed by atoms with van der Waals surface area (Å²) in [4.78, 5) is 2.43. The maximum absolute atomic E-state index is 8.79. The van der Waals surface area contributed by atoms with E-state index in [-0.39, 0.29) is 0 Å². The van der Waals surface area contributed by atoms with Crippen LogP contribution in [0.4, 0.5) is 0 Å². The van der Waals surface area contributed by atoms with Gasteiger partial charge in [-0.2, -0.15) is 5.26 Å². The minimum Gasteiger partial charge on any atom is -0.306 e. The Morgan fingerprint density at radius 2 is 2.12 bits per heavy atom. The first-order chi connectivity index (χ1) is 7.74. The topological polar surface area (TPSA) is 27.0 Å². The van der Waals surface area contributed by atoms with Gasteiger partial charge in [0.1, 0.15) is 0 Å². The first-order valence-corrected chi connectivity index (χ1v) is 5.94. The van der Waals surface area contributed by atoms with Crippen LogP contribution in [0.3, 0.4) is 0 Å². The number of hydrogen-bond donors (Lipinski definition) is 0. The third-order valence-electron chi connectivity index (χ3n) is 4.29. The van der Waals surface area contributed by atoms with Gasteiger partial charge in [-0.05, 0) is 50.0 Å². The molecule has 0 amide bonds. The number of rotatable bonds is 1. The van der Waals surface area contributed by atoms with Crippen molar-refractivity contribution in [2.75, 3.05) is 20.1 Å².